The summed E-state index contributed by atoms with van der Waals surface area (Å²) in [6, 6.07) is -1.12. The molecular formula is C15H25NO12. The molecule has 0 aliphatic carbocycles. The van der Waals surface area contributed by atoms with Crippen LogP contribution >= 0.6 is 0 Å². The van der Waals surface area contributed by atoms with E-state index in [2.05, 4.69) is 10.2 Å². The minimum atomic E-state index is -1.53. The largest absolute Gasteiger partial charge is 0.394 e. The van der Waals surface area contributed by atoms with Crippen LogP contribution in [-0.4, -0.2) is 108 Å². The lowest BCUT2D eigenvalue weighted by Gasteiger charge is -2.46. The Bertz CT molecular complexity index is 537. The van der Waals surface area contributed by atoms with Gasteiger partial charge in [0.2, 0.25) is 5.91 Å². The Balaban J connectivity index is 1.91. The summed E-state index contributed by atoms with van der Waals surface area (Å²) in [5, 5.41) is 42.1. The number of fused-ring (bicyclic) bond motifs is 3. The molecule has 3 rings (SSSR count). The molecule has 3 saturated heterocycles. The van der Waals surface area contributed by atoms with E-state index in [-0.39, 0.29) is 6.61 Å². The number of amides is 1. The van der Waals surface area contributed by atoms with Gasteiger partial charge in [0.15, 0.2) is 12.6 Å². The zero-order valence-corrected chi connectivity index (χ0v) is 15.2. The molecule has 3 fully saturated rings. The van der Waals surface area contributed by atoms with Gasteiger partial charge in [0.1, 0.15) is 55.4 Å². The van der Waals surface area contributed by atoms with E-state index in [1.807, 2.05) is 0 Å². The number of ether oxygens (including phenoxy) is 4. The van der Waals surface area contributed by atoms with Gasteiger partial charge in [0, 0.05) is 14.0 Å². The summed E-state index contributed by atoms with van der Waals surface area (Å²) >= 11 is 0. The molecule has 0 spiro atoms. The fraction of sp³-hybridized carbons (Fsp3) is 0.933. The van der Waals surface area contributed by atoms with Gasteiger partial charge in [-0.05, 0) is 0 Å². The maximum Gasteiger partial charge on any atom is 0.217 e. The number of methoxy groups -OCH3 is 1. The molecule has 162 valence electrons. The Morgan fingerprint density at radius 1 is 1.18 bits per heavy atom. The zero-order valence-electron chi connectivity index (χ0n) is 15.2. The lowest BCUT2D eigenvalue weighted by Crippen LogP contribution is -2.67. The highest BCUT2D eigenvalue weighted by Crippen LogP contribution is 2.33. The number of aliphatic hydroxyl groups is 3. The van der Waals surface area contributed by atoms with Crippen LogP contribution in [0.15, 0.2) is 0 Å². The Labute approximate surface area is 159 Å². The second-order valence-electron chi connectivity index (χ2n) is 6.72. The molecule has 28 heavy (non-hydrogen) atoms. The molecule has 0 radical (unpaired) electrons. The topological polar surface area (TPSA) is 175 Å². The highest BCUT2D eigenvalue weighted by molar-refractivity contribution is 5.73. The number of hydrogen-bond donors (Lipinski definition) is 5. The van der Waals surface area contributed by atoms with E-state index < -0.39 is 73.9 Å². The van der Waals surface area contributed by atoms with Crippen LogP contribution in [0.5, 0.6) is 0 Å². The minimum Gasteiger partial charge on any atom is -0.394 e. The number of carbonyl (C=O) groups is 1. The molecule has 0 aromatic rings. The van der Waals surface area contributed by atoms with Gasteiger partial charge in [-0.15, -0.1) is 0 Å². The summed E-state index contributed by atoms with van der Waals surface area (Å²) in [6.07, 6.45) is -10.6. The maximum absolute atomic E-state index is 11.6. The molecule has 0 saturated carbocycles. The van der Waals surface area contributed by atoms with Crippen LogP contribution in [0.4, 0.5) is 0 Å². The molecule has 0 aromatic carbocycles. The summed E-state index contributed by atoms with van der Waals surface area (Å²) in [4.78, 5) is 26.4. The molecule has 13 nitrogen and oxygen atoms in total. The molecule has 0 unspecified atom stereocenters. The SMILES string of the molecule is CO[C@@H]1[C@@H](O)[C@@H]2O[C@@H]3[C@@H](NC(C)=O)[C@H](O)O[C@H](CO)[C@H]3OOC[C@@H](O2)[C@@H]1OO. The molecule has 0 aromatic heterocycles. The first-order valence-electron chi connectivity index (χ1n) is 8.73. The van der Waals surface area contributed by atoms with Gasteiger partial charge >= 0.3 is 0 Å². The third-order valence-electron chi connectivity index (χ3n) is 4.93. The van der Waals surface area contributed by atoms with Crippen LogP contribution < -0.4 is 5.32 Å². The number of carbonyl (C=O) groups excluding carboxylic acids is 1. The quantitative estimate of drug-likeness (QED) is 0.233. The van der Waals surface area contributed by atoms with Crippen molar-refractivity contribution in [1.29, 1.82) is 0 Å². The summed E-state index contributed by atoms with van der Waals surface area (Å²) in [6.45, 7) is 0.448. The molecule has 3 aliphatic rings. The van der Waals surface area contributed by atoms with Crippen molar-refractivity contribution in [2.45, 2.75) is 68.3 Å². The van der Waals surface area contributed by atoms with Crippen molar-refractivity contribution in [3.63, 3.8) is 0 Å². The summed E-state index contributed by atoms with van der Waals surface area (Å²) in [7, 11) is 1.30. The maximum atomic E-state index is 11.6. The third kappa shape index (κ3) is 4.15. The van der Waals surface area contributed by atoms with E-state index in [9.17, 15) is 25.4 Å². The van der Waals surface area contributed by atoms with Crippen molar-refractivity contribution in [3.05, 3.63) is 0 Å². The molecule has 10 atom stereocenters. The van der Waals surface area contributed by atoms with Crippen LogP contribution in [0.25, 0.3) is 0 Å². The Hall–Kier alpha value is -0.970. The fourth-order valence-corrected chi connectivity index (χ4v) is 3.61. The number of hydrogen-bond acceptors (Lipinski definition) is 12. The van der Waals surface area contributed by atoms with Crippen LogP contribution in [-0.2, 0) is 38.4 Å². The highest BCUT2D eigenvalue weighted by Gasteiger charge is 2.54. The van der Waals surface area contributed by atoms with Gasteiger partial charge in [-0.3, -0.25) is 10.1 Å². The molecule has 3 aliphatic heterocycles. The van der Waals surface area contributed by atoms with Crippen LogP contribution in [0.2, 0.25) is 0 Å². The van der Waals surface area contributed by atoms with E-state index in [1.54, 1.807) is 0 Å². The van der Waals surface area contributed by atoms with E-state index in [0.29, 0.717) is 0 Å². The second-order valence-corrected chi connectivity index (χ2v) is 6.72. The Kier molecular flexibility index (Phi) is 7.17. The van der Waals surface area contributed by atoms with E-state index >= 15 is 0 Å². The van der Waals surface area contributed by atoms with Crippen LogP contribution in [0, 0.1) is 0 Å². The first-order chi connectivity index (χ1) is 13.4. The highest BCUT2D eigenvalue weighted by atomic mass is 17.2. The summed E-state index contributed by atoms with van der Waals surface area (Å²) < 4.78 is 21.9. The average molecular weight is 411 g/mol. The van der Waals surface area contributed by atoms with Gasteiger partial charge < -0.3 is 39.6 Å². The first-order valence-corrected chi connectivity index (χ1v) is 8.73. The summed E-state index contributed by atoms with van der Waals surface area (Å²) in [5.41, 5.74) is 0. The summed E-state index contributed by atoms with van der Waals surface area (Å²) in [5.74, 6) is -0.482. The van der Waals surface area contributed by atoms with Crippen molar-refractivity contribution in [2.24, 2.45) is 0 Å². The molecule has 1 amide bonds. The molecule has 3 heterocycles. The van der Waals surface area contributed by atoms with Crippen molar-refractivity contribution >= 4 is 5.91 Å². The smallest absolute Gasteiger partial charge is 0.217 e. The van der Waals surface area contributed by atoms with E-state index in [4.69, 9.17) is 28.7 Å². The normalized spacial score (nSPS) is 46.6. The average Bonchev–Trinajstić information content (AvgIpc) is 2.74. The Morgan fingerprint density at radius 2 is 1.93 bits per heavy atom. The van der Waals surface area contributed by atoms with E-state index in [1.165, 1.54) is 14.0 Å². The van der Waals surface area contributed by atoms with Crippen molar-refractivity contribution < 1.29 is 59.0 Å². The standard InChI is InChI=1S/C15H25NO12/c1-5(18)16-8-12-11(6(3-17)24-14(8)20)28-23-4-7-10(27-21)13(22-2)9(19)15(25-7)26-12/h6-15,17,19-21H,3-4H2,1-2H3,(H,16,18)/t6-,7-,8-,9-,10+,11-,12-,13-,14-,15+/m1/s1. The van der Waals surface area contributed by atoms with Gasteiger partial charge in [-0.25, -0.2) is 14.7 Å². The third-order valence-corrected chi connectivity index (χ3v) is 4.93. The van der Waals surface area contributed by atoms with Crippen LogP contribution in [0.3, 0.4) is 0 Å². The molecule has 2 bridgehead atoms. The van der Waals surface area contributed by atoms with Gasteiger partial charge in [0.25, 0.3) is 0 Å². The Morgan fingerprint density at radius 3 is 2.54 bits per heavy atom. The van der Waals surface area contributed by atoms with Crippen LogP contribution in [0.1, 0.15) is 6.92 Å². The van der Waals surface area contributed by atoms with E-state index in [0.717, 1.165) is 0 Å². The zero-order chi connectivity index (χ0) is 20.4. The minimum absolute atomic E-state index is 0.244. The van der Waals surface area contributed by atoms with Gasteiger partial charge in [-0.2, -0.15) is 0 Å². The van der Waals surface area contributed by atoms with Crippen molar-refractivity contribution in [1.82, 2.24) is 5.32 Å². The van der Waals surface area contributed by atoms with Gasteiger partial charge in [-0.1, -0.05) is 0 Å². The molecule has 5 N–H and O–H groups in total. The number of aliphatic hydroxyl groups excluding tert-OH is 3. The van der Waals surface area contributed by atoms with Gasteiger partial charge in [0.05, 0.1) is 6.61 Å². The van der Waals surface area contributed by atoms with Crippen molar-refractivity contribution in [3.8, 4) is 0 Å². The lowest BCUT2D eigenvalue weighted by atomic mass is 9.95. The predicted octanol–water partition coefficient (Wildman–Crippen LogP) is -3.12. The first kappa shape index (κ1) is 21.7. The fourth-order valence-electron chi connectivity index (χ4n) is 3.61. The second kappa shape index (κ2) is 9.23. The molecule has 13 heteroatoms. The predicted molar refractivity (Wildman–Crippen MR) is 84.2 cm³/mol. The lowest BCUT2D eigenvalue weighted by molar-refractivity contribution is -0.390. The number of rotatable bonds is 4. The molecular weight excluding hydrogens is 386 g/mol. The number of nitrogens with one attached hydrogen (secondary N) is 1. The monoisotopic (exact) mass is 411 g/mol. The van der Waals surface area contributed by atoms with Crippen molar-refractivity contribution in [2.75, 3.05) is 20.3 Å².